The molecule has 4 saturated heterocycles. The molecule has 1 aromatic carbocycles. The summed E-state index contributed by atoms with van der Waals surface area (Å²) in [7, 11) is 1.68. The zero-order chi connectivity index (χ0) is 22.2. The van der Waals surface area contributed by atoms with Crippen LogP contribution in [0, 0.1) is 17.8 Å². The van der Waals surface area contributed by atoms with Gasteiger partial charge in [0, 0.05) is 37.7 Å². The van der Waals surface area contributed by atoms with Gasteiger partial charge in [-0.25, -0.2) is 4.98 Å². The molecule has 2 aromatic rings. The number of methoxy groups -OCH3 is 1. The van der Waals surface area contributed by atoms with E-state index in [-0.39, 0.29) is 12.6 Å². The maximum Gasteiger partial charge on any atom is 0.129 e. The second-order valence-corrected chi connectivity index (χ2v) is 10.0. The maximum atomic E-state index is 11.7. The van der Waals surface area contributed by atoms with Crippen LogP contribution in [0.5, 0.6) is 5.75 Å². The Morgan fingerprint density at radius 3 is 2.62 bits per heavy atom. The summed E-state index contributed by atoms with van der Waals surface area (Å²) in [4.78, 5) is 9.81. The van der Waals surface area contributed by atoms with Crippen molar-refractivity contribution < 1.29 is 14.9 Å². The molecule has 6 heteroatoms. The molecule has 4 aliphatic heterocycles. The Bertz CT molecular complexity index is 943. The van der Waals surface area contributed by atoms with Crippen LogP contribution in [0.2, 0.25) is 0 Å². The summed E-state index contributed by atoms with van der Waals surface area (Å²) in [6, 6.07) is 8.27. The van der Waals surface area contributed by atoms with Crippen molar-refractivity contribution in [2.75, 3.05) is 44.8 Å². The second-order valence-electron chi connectivity index (χ2n) is 10.0. The lowest BCUT2D eigenvalue weighted by Crippen LogP contribution is -2.55. The first-order valence-electron chi connectivity index (χ1n) is 12.4. The SMILES string of the molecule is CC[C@H]1CN2CC[C@H]1C[C@H]2[C@H](O)c1cc(N2CCC(CO)CC2)nc2ccc(OC)cc12. The number of nitrogens with zero attached hydrogens (tertiary/aromatic N) is 3. The molecule has 32 heavy (non-hydrogen) atoms. The van der Waals surface area contributed by atoms with Crippen molar-refractivity contribution in [1.29, 1.82) is 0 Å². The van der Waals surface area contributed by atoms with E-state index in [1.165, 1.54) is 12.8 Å². The summed E-state index contributed by atoms with van der Waals surface area (Å²) in [5.41, 5.74) is 1.88. The molecule has 6 nitrogen and oxygen atoms in total. The number of pyridine rings is 1. The monoisotopic (exact) mass is 439 g/mol. The van der Waals surface area contributed by atoms with Gasteiger partial charge in [0.2, 0.25) is 0 Å². The Balaban J connectivity index is 1.50. The van der Waals surface area contributed by atoms with Crippen LogP contribution < -0.4 is 9.64 Å². The van der Waals surface area contributed by atoms with Crippen LogP contribution in [0.1, 0.15) is 50.7 Å². The Morgan fingerprint density at radius 2 is 1.97 bits per heavy atom. The number of aliphatic hydroxyl groups excluding tert-OH is 2. The second kappa shape index (κ2) is 9.16. The molecule has 5 heterocycles. The molecule has 1 unspecified atom stereocenters. The molecule has 1 aromatic heterocycles. The fourth-order valence-electron chi connectivity index (χ4n) is 6.27. The molecule has 0 aliphatic carbocycles. The minimum absolute atomic E-state index is 0.168. The number of anilines is 1. The summed E-state index contributed by atoms with van der Waals surface area (Å²) in [6.45, 7) is 6.55. The molecule has 5 atom stereocenters. The number of hydrogen-bond acceptors (Lipinski definition) is 6. The minimum Gasteiger partial charge on any atom is -0.497 e. The predicted octanol–water partition coefficient (Wildman–Crippen LogP) is 3.61. The largest absolute Gasteiger partial charge is 0.497 e. The van der Waals surface area contributed by atoms with Gasteiger partial charge in [-0.1, -0.05) is 13.3 Å². The number of fused-ring (bicyclic) bond motifs is 4. The maximum absolute atomic E-state index is 11.7. The van der Waals surface area contributed by atoms with Gasteiger partial charge in [-0.15, -0.1) is 0 Å². The number of aliphatic hydroxyl groups is 2. The third-order valence-electron chi connectivity index (χ3n) is 8.37. The Hall–Kier alpha value is -1.89. The van der Waals surface area contributed by atoms with Crippen molar-refractivity contribution in [1.82, 2.24) is 9.88 Å². The first-order valence-corrected chi connectivity index (χ1v) is 12.4. The van der Waals surface area contributed by atoms with E-state index < -0.39 is 6.10 Å². The molecule has 2 bridgehead atoms. The molecule has 0 saturated carbocycles. The van der Waals surface area contributed by atoms with Gasteiger partial charge in [-0.05, 0) is 79.8 Å². The van der Waals surface area contributed by atoms with Crippen molar-refractivity contribution in [3.8, 4) is 5.75 Å². The summed E-state index contributed by atoms with van der Waals surface area (Å²) in [6.07, 6.45) is 4.98. The average Bonchev–Trinajstić information content (AvgIpc) is 2.87. The van der Waals surface area contributed by atoms with Crippen LogP contribution in [0.15, 0.2) is 24.3 Å². The lowest BCUT2D eigenvalue weighted by Gasteiger charge is -2.51. The quantitative estimate of drug-likeness (QED) is 0.717. The van der Waals surface area contributed by atoms with E-state index >= 15 is 0 Å². The van der Waals surface area contributed by atoms with Crippen molar-refractivity contribution in [3.63, 3.8) is 0 Å². The first kappa shape index (κ1) is 21.9. The minimum atomic E-state index is -0.540. The van der Waals surface area contributed by atoms with Crippen molar-refractivity contribution >= 4 is 16.7 Å². The number of aromatic nitrogens is 1. The van der Waals surface area contributed by atoms with Gasteiger partial charge in [-0.2, -0.15) is 0 Å². The first-order chi connectivity index (χ1) is 15.6. The number of piperidine rings is 4. The number of hydrogen-bond donors (Lipinski definition) is 2. The van der Waals surface area contributed by atoms with Crippen LogP contribution >= 0.6 is 0 Å². The standard InChI is InChI=1S/C26H37N3O3/c1-3-18-15-29-11-8-19(18)12-24(29)26(31)22-14-25(28-9-6-17(16-30)7-10-28)27-23-5-4-20(32-2)13-21(22)23/h4-5,13-14,17-19,24,26,30-31H,3,6-12,15-16H2,1-2H3/t18-,19-,24-,26+/m0/s1. The van der Waals surface area contributed by atoms with Gasteiger partial charge in [-0.3, -0.25) is 4.90 Å². The number of ether oxygens (including phenoxy) is 1. The highest BCUT2D eigenvalue weighted by molar-refractivity contribution is 5.86. The Kier molecular flexibility index (Phi) is 6.28. The smallest absolute Gasteiger partial charge is 0.129 e. The molecule has 4 aliphatic rings. The van der Waals surface area contributed by atoms with Crippen LogP contribution in [0.3, 0.4) is 0 Å². The molecule has 4 fully saturated rings. The van der Waals surface area contributed by atoms with Crippen LogP contribution in [0.25, 0.3) is 10.9 Å². The van der Waals surface area contributed by atoms with Gasteiger partial charge in [0.25, 0.3) is 0 Å². The van der Waals surface area contributed by atoms with Crippen LogP contribution in [-0.4, -0.2) is 66.0 Å². The van der Waals surface area contributed by atoms with Gasteiger partial charge < -0.3 is 19.8 Å². The lowest BCUT2D eigenvalue weighted by atomic mass is 9.72. The van der Waals surface area contributed by atoms with Crippen LogP contribution in [0.4, 0.5) is 5.82 Å². The van der Waals surface area contributed by atoms with Crippen molar-refractivity contribution in [2.45, 2.75) is 51.2 Å². The molecule has 0 spiro atoms. The zero-order valence-electron chi connectivity index (χ0n) is 19.4. The van der Waals surface area contributed by atoms with Crippen molar-refractivity contribution in [2.24, 2.45) is 17.8 Å². The van der Waals surface area contributed by atoms with E-state index in [0.717, 1.165) is 85.3 Å². The summed E-state index contributed by atoms with van der Waals surface area (Å²) < 4.78 is 5.50. The highest BCUT2D eigenvalue weighted by atomic mass is 16.5. The number of benzene rings is 1. The molecule has 2 N–H and O–H groups in total. The highest BCUT2D eigenvalue weighted by Crippen LogP contribution is 2.43. The van der Waals surface area contributed by atoms with E-state index in [4.69, 9.17) is 9.72 Å². The molecular formula is C26H37N3O3. The normalized spacial score (nSPS) is 29.4. The summed E-state index contributed by atoms with van der Waals surface area (Å²) >= 11 is 0. The fraction of sp³-hybridized carbons (Fsp3) is 0.654. The van der Waals surface area contributed by atoms with Gasteiger partial charge in [0.1, 0.15) is 11.6 Å². The van der Waals surface area contributed by atoms with Crippen molar-refractivity contribution in [3.05, 3.63) is 29.8 Å². The highest BCUT2D eigenvalue weighted by Gasteiger charge is 2.42. The third kappa shape index (κ3) is 3.97. The lowest BCUT2D eigenvalue weighted by molar-refractivity contribution is -0.0562. The van der Waals surface area contributed by atoms with E-state index in [1.54, 1.807) is 7.11 Å². The van der Waals surface area contributed by atoms with E-state index in [0.29, 0.717) is 5.92 Å². The fourth-order valence-corrected chi connectivity index (χ4v) is 6.27. The topological polar surface area (TPSA) is 69.1 Å². The Morgan fingerprint density at radius 1 is 1.16 bits per heavy atom. The predicted molar refractivity (Wildman–Crippen MR) is 127 cm³/mol. The zero-order valence-corrected chi connectivity index (χ0v) is 19.4. The Labute approximate surface area is 191 Å². The molecule has 0 amide bonds. The van der Waals surface area contributed by atoms with Gasteiger partial charge >= 0.3 is 0 Å². The summed E-state index contributed by atoms with van der Waals surface area (Å²) in [5, 5.41) is 22.2. The average molecular weight is 440 g/mol. The van der Waals surface area contributed by atoms with E-state index in [1.807, 2.05) is 18.2 Å². The summed E-state index contributed by atoms with van der Waals surface area (Å²) in [5.74, 6) is 3.61. The molecule has 6 rings (SSSR count). The van der Waals surface area contributed by atoms with Gasteiger partial charge in [0.15, 0.2) is 0 Å². The molecule has 174 valence electrons. The van der Waals surface area contributed by atoms with E-state index in [2.05, 4.69) is 22.8 Å². The van der Waals surface area contributed by atoms with Gasteiger partial charge in [0.05, 0.1) is 18.7 Å². The number of rotatable bonds is 6. The van der Waals surface area contributed by atoms with Crippen LogP contribution in [-0.2, 0) is 0 Å². The van der Waals surface area contributed by atoms with E-state index in [9.17, 15) is 10.2 Å². The third-order valence-corrected chi connectivity index (χ3v) is 8.37. The molecule has 0 radical (unpaired) electrons. The molecular weight excluding hydrogens is 402 g/mol.